The predicted molar refractivity (Wildman–Crippen MR) is 104 cm³/mol. The highest BCUT2D eigenvalue weighted by Crippen LogP contribution is 2.39. The highest BCUT2D eigenvalue weighted by molar-refractivity contribution is 5.94. The van der Waals surface area contributed by atoms with Crippen molar-refractivity contribution in [3.05, 3.63) is 48.5 Å². The smallest absolute Gasteiger partial charge is 0.253 e. The third-order valence-corrected chi connectivity index (χ3v) is 5.80. The van der Waals surface area contributed by atoms with E-state index in [4.69, 9.17) is 4.74 Å². The third kappa shape index (κ3) is 3.94. The maximum absolute atomic E-state index is 12.9. The van der Waals surface area contributed by atoms with Crippen molar-refractivity contribution in [2.75, 3.05) is 19.6 Å². The number of carbonyl (C=O) groups excluding carboxylic acids is 2. The molecule has 1 N–H and O–H groups in total. The van der Waals surface area contributed by atoms with Crippen LogP contribution < -0.4 is 5.32 Å². The number of piperidine rings is 1. The van der Waals surface area contributed by atoms with E-state index in [1.54, 1.807) is 12.5 Å². The van der Waals surface area contributed by atoms with Gasteiger partial charge in [0, 0.05) is 50.2 Å². The fourth-order valence-corrected chi connectivity index (χ4v) is 4.15. The first kappa shape index (κ1) is 18.7. The Kier molecular flexibility index (Phi) is 5.17. The van der Waals surface area contributed by atoms with Crippen LogP contribution in [-0.4, -0.2) is 57.6 Å². The van der Waals surface area contributed by atoms with Crippen molar-refractivity contribution < 1.29 is 14.3 Å². The van der Waals surface area contributed by atoms with E-state index in [-0.39, 0.29) is 23.5 Å². The lowest BCUT2D eigenvalue weighted by Gasteiger charge is -2.39. The Balaban J connectivity index is 1.32. The molecule has 28 heavy (non-hydrogen) atoms. The largest absolute Gasteiger partial charge is 0.370 e. The number of aromatic nitrogens is 2. The predicted octanol–water partition coefficient (Wildman–Crippen LogP) is 2.16. The number of nitrogens with one attached hydrogen (secondary N) is 1. The number of benzene rings is 1. The van der Waals surface area contributed by atoms with Gasteiger partial charge in [-0.05, 0) is 49.9 Å². The van der Waals surface area contributed by atoms with Crippen LogP contribution in [0, 0.1) is 0 Å². The topological polar surface area (TPSA) is 76.5 Å². The molecule has 2 amide bonds. The van der Waals surface area contributed by atoms with Gasteiger partial charge in [0.25, 0.3) is 5.91 Å². The number of imidazole rings is 1. The van der Waals surface area contributed by atoms with Gasteiger partial charge in [0.2, 0.25) is 5.91 Å². The van der Waals surface area contributed by atoms with Crippen molar-refractivity contribution in [3.63, 3.8) is 0 Å². The minimum atomic E-state index is -0.134. The van der Waals surface area contributed by atoms with Crippen LogP contribution in [0.5, 0.6) is 0 Å². The van der Waals surface area contributed by atoms with Crippen LogP contribution in [-0.2, 0) is 9.53 Å². The van der Waals surface area contributed by atoms with Crippen LogP contribution in [0.2, 0.25) is 0 Å². The molecule has 3 heterocycles. The molecule has 0 aliphatic carbocycles. The number of hydrogen-bond acceptors (Lipinski definition) is 4. The highest BCUT2D eigenvalue weighted by Gasteiger charge is 2.43. The van der Waals surface area contributed by atoms with Crippen molar-refractivity contribution >= 4 is 11.8 Å². The monoisotopic (exact) mass is 382 g/mol. The first-order chi connectivity index (χ1) is 13.5. The standard InChI is InChI=1S/C21H26N4O3/c1-16(26)23-14-19-6-7-21(28-19)8-11-24(12-9-21)20(27)17-2-4-18(5-3-17)25-13-10-22-15-25/h2-5,10,13,15,19H,6-9,11-12,14H2,1H3,(H,23,26)/t19-/m1/s1. The molecule has 0 saturated carbocycles. The number of nitrogens with zero attached hydrogens (tertiary/aromatic N) is 3. The van der Waals surface area contributed by atoms with Gasteiger partial charge < -0.3 is 19.5 Å². The maximum Gasteiger partial charge on any atom is 0.253 e. The Hall–Kier alpha value is -2.67. The number of hydrogen-bond donors (Lipinski definition) is 1. The quantitative estimate of drug-likeness (QED) is 0.879. The van der Waals surface area contributed by atoms with Gasteiger partial charge >= 0.3 is 0 Å². The van der Waals surface area contributed by atoms with Gasteiger partial charge in [-0.1, -0.05) is 0 Å². The average molecular weight is 382 g/mol. The normalized spacial score (nSPS) is 21.0. The number of amides is 2. The lowest BCUT2D eigenvalue weighted by Crippen LogP contribution is -2.47. The minimum absolute atomic E-state index is 0.0241. The number of rotatable bonds is 4. The molecule has 1 aromatic heterocycles. The van der Waals surface area contributed by atoms with Gasteiger partial charge in [0.05, 0.1) is 18.0 Å². The molecule has 2 aliphatic rings. The first-order valence-corrected chi connectivity index (χ1v) is 9.85. The second-order valence-electron chi connectivity index (χ2n) is 7.71. The molecule has 4 rings (SSSR count). The van der Waals surface area contributed by atoms with Gasteiger partial charge in [-0.15, -0.1) is 0 Å². The Bertz CT molecular complexity index is 824. The van der Waals surface area contributed by atoms with E-state index >= 15 is 0 Å². The summed E-state index contributed by atoms with van der Waals surface area (Å²) < 4.78 is 8.18. The summed E-state index contributed by atoms with van der Waals surface area (Å²) in [6.45, 7) is 3.50. The van der Waals surface area contributed by atoms with E-state index in [1.807, 2.05) is 39.9 Å². The molecule has 7 heteroatoms. The van der Waals surface area contributed by atoms with Gasteiger partial charge in [-0.3, -0.25) is 9.59 Å². The number of carbonyl (C=O) groups is 2. The van der Waals surface area contributed by atoms with Gasteiger partial charge in [0.1, 0.15) is 0 Å². The Labute approximate surface area is 164 Å². The van der Waals surface area contributed by atoms with Crippen molar-refractivity contribution in [3.8, 4) is 5.69 Å². The fourth-order valence-electron chi connectivity index (χ4n) is 4.15. The van der Waals surface area contributed by atoms with Crippen LogP contribution in [0.25, 0.3) is 5.69 Å². The van der Waals surface area contributed by atoms with Crippen molar-refractivity contribution in [1.82, 2.24) is 19.8 Å². The molecule has 148 valence electrons. The van der Waals surface area contributed by atoms with Crippen LogP contribution in [0.3, 0.4) is 0 Å². The zero-order chi connectivity index (χ0) is 19.6. The number of likely N-dealkylation sites (tertiary alicyclic amines) is 1. The van der Waals surface area contributed by atoms with Crippen molar-refractivity contribution in [2.24, 2.45) is 0 Å². The van der Waals surface area contributed by atoms with E-state index in [1.165, 1.54) is 6.92 Å². The lowest BCUT2D eigenvalue weighted by atomic mass is 9.88. The minimum Gasteiger partial charge on any atom is -0.370 e. The summed E-state index contributed by atoms with van der Waals surface area (Å²) in [4.78, 5) is 29.9. The Morgan fingerprint density at radius 2 is 1.96 bits per heavy atom. The zero-order valence-electron chi connectivity index (χ0n) is 16.1. The Morgan fingerprint density at radius 1 is 1.21 bits per heavy atom. The summed E-state index contributed by atoms with van der Waals surface area (Å²) in [7, 11) is 0. The second kappa shape index (κ2) is 7.75. The third-order valence-electron chi connectivity index (χ3n) is 5.80. The van der Waals surface area contributed by atoms with E-state index in [0.717, 1.165) is 31.4 Å². The van der Waals surface area contributed by atoms with Crippen LogP contribution >= 0.6 is 0 Å². The molecule has 0 radical (unpaired) electrons. The molecule has 0 unspecified atom stereocenters. The summed E-state index contributed by atoms with van der Waals surface area (Å²) >= 11 is 0. The van der Waals surface area contributed by atoms with Crippen molar-refractivity contribution in [2.45, 2.75) is 44.3 Å². The average Bonchev–Trinajstić information content (AvgIpc) is 3.37. The summed E-state index contributed by atoms with van der Waals surface area (Å²) in [5, 5.41) is 2.84. The van der Waals surface area contributed by atoms with Gasteiger partial charge in [-0.2, -0.15) is 0 Å². The summed E-state index contributed by atoms with van der Waals surface area (Å²) in [6.07, 6.45) is 9.09. The zero-order valence-corrected chi connectivity index (χ0v) is 16.1. The van der Waals surface area contributed by atoms with E-state index < -0.39 is 0 Å². The van der Waals surface area contributed by atoms with E-state index in [0.29, 0.717) is 25.2 Å². The summed E-state index contributed by atoms with van der Waals surface area (Å²) in [5.41, 5.74) is 1.55. The number of ether oxygens (including phenoxy) is 1. The molecule has 2 saturated heterocycles. The molecule has 1 spiro atoms. The highest BCUT2D eigenvalue weighted by atomic mass is 16.5. The van der Waals surface area contributed by atoms with Gasteiger partial charge in [0.15, 0.2) is 0 Å². The summed E-state index contributed by atoms with van der Waals surface area (Å²) in [6, 6.07) is 7.62. The molecule has 7 nitrogen and oxygen atoms in total. The first-order valence-electron chi connectivity index (χ1n) is 9.85. The molecular weight excluding hydrogens is 356 g/mol. The fraction of sp³-hybridized carbons (Fsp3) is 0.476. The van der Waals surface area contributed by atoms with Gasteiger partial charge in [-0.25, -0.2) is 4.98 Å². The van der Waals surface area contributed by atoms with Crippen LogP contribution in [0.15, 0.2) is 43.0 Å². The molecule has 2 fully saturated rings. The molecule has 2 aromatic rings. The van der Waals surface area contributed by atoms with E-state index in [9.17, 15) is 9.59 Å². The summed E-state index contributed by atoms with van der Waals surface area (Å²) in [5.74, 6) is 0.0452. The van der Waals surface area contributed by atoms with Crippen LogP contribution in [0.1, 0.15) is 43.0 Å². The van der Waals surface area contributed by atoms with Crippen LogP contribution in [0.4, 0.5) is 0 Å². The molecular formula is C21H26N4O3. The SMILES string of the molecule is CC(=O)NC[C@H]1CCC2(CCN(C(=O)c3ccc(-n4ccnc4)cc3)CC2)O1. The van der Waals surface area contributed by atoms with E-state index in [2.05, 4.69) is 10.3 Å². The molecule has 2 aliphatic heterocycles. The van der Waals surface area contributed by atoms with Crippen molar-refractivity contribution in [1.29, 1.82) is 0 Å². The molecule has 0 bridgehead atoms. The maximum atomic E-state index is 12.9. The second-order valence-corrected chi connectivity index (χ2v) is 7.71. The Morgan fingerprint density at radius 3 is 2.61 bits per heavy atom. The molecule has 1 aromatic carbocycles. The molecule has 1 atom stereocenters. The lowest BCUT2D eigenvalue weighted by molar-refractivity contribution is -0.120.